The molecule has 172 valence electrons. The van der Waals surface area contributed by atoms with E-state index in [1.165, 1.54) is 43.9 Å². The third-order valence-electron chi connectivity index (χ3n) is 7.93. The summed E-state index contributed by atoms with van der Waals surface area (Å²) in [6.45, 7) is 0.250. The number of nitrogens with one attached hydrogen (secondary N) is 1. The Balaban J connectivity index is 1.41. The van der Waals surface area contributed by atoms with Crippen LogP contribution in [0.1, 0.15) is 69.9 Å². The molecule has 0 atom stereocenters. The number of rotatable bonds is 4. The van der Waals surface area contributed by atoms with Gasteiger partial charge in [0.2, 0.25) is 0 Å². The first-order valence-electron chi connectivity index (χ1n) is 12.4. The van der Waals surface area contributed by atoms with Gasteiger partial charge in [-0.1, -0.05) is 25.3 Å². The van der Waals surface area contributed by atoms with Crippen molar-refractivity contribution in [1.29, 1.82) is 0 Å². The van der Waals surface area contributed by atoms with Crippen LogP contribution in [-0.4, -0.2) is 35.8 Å². The second-order valence-electron chi connectivity index (χ2n) is 9.88. The van der Waals surface area contributed by atoms with Crippen LogP contribution in [0.3, 0.4) is 0 Å². The van der Waals surface area contributed by atoms with Gasteiger partial charge >= 0.3 is 0 Å². The van der Waals surface area contributed by atoms with Gasteiger partial charge < -0.3 is 19.2 Å². The fraction of sp³-hybridized carbons (Fsp3) is 0.500. The standard InChI is InChI=1S/C26H31N5O2/c32-14-17-6-9-20(10-7-17)30-13-21(24-25(30)26(33)28-15-27-24)18-8-11-23-22(12-18)29-16-31(23)19-4-2-1-3-5-19/h8,11-13,15-17,19-20,32H,1-7,9-10,14H2,(H,27,28,33). The highest BCUT2D eigenvalue weighted by Gasteiger charge is 2.26. The van der Waals surface area contributed by atoms with Gasteiger partial charge in [-0.25, -0.2) is 9.97 Å². The van der Waals surface area contributed by atoms with Crippen LogP contribution in [0, 0.1) is 5.92 Å². The normalized spacial score (nSPS) is 22.3. The number of hydrogen-bond acceptors (Lipinski definition) is 4. The number of nitrogens with zero attached hydrogens (tertiary/aromatic N) is 4. The van der Waals surface area contributed by atoms with Crippen molar-refractivity contribution in [3.05, 3.63) is 47.4 Å². The highest BCUT2D eigenvalue weighted by molar-refractivity contribution is 5.95. The first-order chi connectivity index (χ1) is 16.2. The van der Waals surface area contributed by atoms with Crippen LogP contribution in [0.2, 0.25) is 0 Å². The number of imidazole rings is 1. The van der Waals surface area contributed by atoms with Gasteiger partial charge in [0.05, 0.1) is 23.7 Å². The van der Waals surface area contributed by atoms with E-state index in [0.717, 1.165) is 47.8 Å². The molecular formula is C26H31N5O2. The lowest BCUT2D eigenvalue weighted by Gasteiger charge is -2.28. The first kappa shape index (κ1) is 20.7. The molecular weight excluding hydrogens is 414 g/mol. The molecule has 0 unspecified atom stereocenters. The van der Waals surface area contributed by atoms with E-state index < -0.39 is 0 Å². The zero-order valence-corrected chi connectivity index (χ0v) is 18.9. The van der Waals surface area contributed by atoms with Crippen molar-refractivity contribution in [3.8, 4) is 11.1 Å². The number of aliphatic hydroxyl groups excluding tert-OH is 1. The van der Waals surface area contributed by atoms with Crippen molar-refractivity contribution < 1.29 is 5.11 Å². The Bertz CT molecular complexity index is 1340. The highest BCUT2D eigenvalue weighted by atomic mass is 16.3. The van der Waals surface area contributed by atoms with Gasteiger partial charge in [-0.3, -0.25) is 4.79 Å². The Morgan fingerprint density at radius 2 is 1.76 bits per heavy atom. The largest absolute Gasteiger partial charge is 0.396 e. The summed E-state index contributed by atoms with van der Waals surface area (Å²) in [5, 5.41) is 9.51. The van der Waals surface area contributed by atoms with E-state index in [4.69, 9.17) is 4.98 Å². The van der Waals surface area contributed by atoms with Crippen LogP contribution in [-0.2, 0) is 0 Å². The van der Waals surface area contributed by atoms with E-state index in [0.29, 0.717) is 17.5 Å². The molecule has 1 aromatic carbocycles. The molecule has 33 heavy (non-hydrogen) atoms. The summed E-state index contributed by atoms with van der Waals surface area (Å²) in [5.41, 5.74) is 5.49. The summed E-state index contributed by atoms with van der Waals surface area (Å²) < 4.78 is 4.49. The van der Waals surface area contributed by atoms with Crippen LogP contribution in [0.25, 0.3) is 33.2 Å². The number of H-pyrrole nitrogens is 1. The molecule has 2 aliphatic rings. The van der Waals surface area contributed by atoms with E-state index in [1.54, 1.807) is 0 Å². The van der Waals surface area contributed by atoms with E-state index in [9.17, 15) is 9.90 Å². The Morgan fingerprint density at radius 1 is 0.970 bits per heavy atom. The predicted molar refractivity (Wildman–Crippen MR) is 129 cm³/mol. The van der Waals surface area contributed by atoms with Gasteiger partial charge in [0.25, 0.3) is 5.56 Å². The smallest absolute Gasteiger partial charge is 0.275 e. The summed E-state index contributed by atoms with van der Waals surface area (Å²) in [6.07, 6.45) is 15.9. The second kappa shape index (κ2) is 8.45. The maximum atomic E-state index is 12.8. The molecule has 7 heteroatoms. The van der Waals surface area contributed by atoms with Gasteiger partial charge in [0.1, 0.15) is 11.0 Å². The number of hydrogen-bond donors (Lipinski definition) is 2. The van der Waals surface area contributed by atoms with Crippen molar-refractivity contribution in [2.45, 2.75) is 69.9 Å². The topological polar surface area (TPSA) is 88.7 Å². The average molecular weight is 446 g/mol. The van der Waals surface area contributed by atoms with Crippen molar-refractivity contribution in [3.63, 3.8) is 0 Å². The van der Waals surface area contributed by atoms with Crippen LogP contribution >= 0.6 is 0 Å². The molecule has 2 aliphatic carbocycles. The van der Waals surface area contributed by atoms with Gasteiger partial charge in [-0.15, -0.1) is 0 Å². The monoisotopic (exact) mass is 445 g/mol. The van der Waals surface area contributed by atoms with Crippen LogP contribution in [0.5, 0.6) is 0 Å². The molecule has 2 fully saturated rings. The molecule has 3 heterocycles. The Morgan fingerprint density at radius 3 is 2.55 bits per heavy atom. The Labute approximate surface area is 192 Å². The van der Waals surface area contributed by atoms with Gasteiger partial charge in [-0.05, 0) is 62.1 Å². The Hall–Kier alpha value is -2.93. The fourth-order valence-electron chi connectivity index (χ4n) is 6.05. The number of aliphatic hydroxyl groups is 1. The molecule has 0 radical (unpaired) electrons. The van der Waals surface area contributed by atoms with E-state index in [2.05, 4.69) is 43.5 Å². The third-order valence-corrected chi connectivity index (χ3v) is 7.93. The summed E-state index contributed by atoms with van der Waals surface area (Å²) in [7, 11) is 0. The Kier molecular flexibility index (Phi) is 5.29. The molecule has 7 nitrogen and oxygen atoms in total. The van der Waals surface area contributed by atoms with E-state index in [1.807, 2.05) is 6.33 Å². The second-order valence-corrected chi connectivity index (χ2v) is 9.88. The zero-order valence-electron chi connectivity index (χ0n) is 18.9. The maximum absolute atomic E-state index is 12.8. The molecule has 3 aromatic heterocycles. The van der Waals surface area contributed by atoms with Gasteiger partial charge in [0.15, 0.2) is 0 Å². The van der Waals surface area contributed by atoms with Crippen LogP contribution < -0.4 is 5.56 Å². The third kappa shape index (κ3) is 3.59. The minimum atomic E-state index is -0.0989. The van der Waals surface area contributed by atoms with E-state index >= 15 is 0 Å². The summed E-state index contributed by atoms with van der Waals surface area (Å²) in [5.74, 6) is 0.376. The molecule has 2 N–H and O–H groups in total. The number of aromatic nitrogens is 5. The zero-order chi connectivity index (χ0) is 22.4. The minimum absolute atomic E-state index is 0.0989. The quantitative estimate of drug-likeness (QED) is 0.464. The number of aromatic amines is 1. The summed E-state index contributed by atoms with van der Waals surface area (Å²) in [6, 6.07) is 7.26. The summed E-state index contributed by atoms with van der Waals surface area (Å²) in [4.78, 5) is 24.9. The SMILES string of the molecule is O=c1[nH]cnc2c(-c3ccc4c(c3)ncn4C3CCCCC3)cn(C3CCC(CO)CC3)c12. The molecule has 0 amide bonds. The van der Waals surface area contributed by atoms with Gasteiger partial charge in [-0.2, -0.15) is 0 Å². The maximum Gasteiger partial charge on any atom is 0.275 e. The van der Waals surface area contributed by atoms with E-state index in [-0.39, 0.29) is 18.2 Å². The van der Waals surface area contributed by atoms with Crippen molar-refractivity contribution >= 4 is 22.1 Å². The molecule has 4 aromatic rings. The number of benzene rings is 1. The van der Waals surface area contributed by atoms with Crippen molar-refractivity contribution in [2.24, 2.45) is 5.92 Å². The fourth-order valence-corrected chi connectivity index (χ4v) is 6.05. The predicted octanol–water partition coefficient (Wildman–Crippen LogP) is 4.97. The molecule has 0 spiro atoms. The van der Waals surface area contributed by atoms with Crippen molar-refractivity contribution in [2.75, 3.05) is 6.61 Å². The highest BCUT2D eigenvalue weighted by Crippen LogP contribution is 2.38. The van der Waals surface area contributed by atoms with Crippen LogP contribution in [0.4, 0.5) is 0 Å². The lowest BCUT2D eigenvalue weighted by Crippen LogP contribution is -2.21. The lowest BCUT2D eigenvalue weighted by atomic mass is 9.86. The van der Waals surface area contributed by atoms with Gasteiger partial charge in [0, 0.05) is 30.5 Å². The number of fused-ring (bicyclic) bond motifs is 2. The summed E-state index contributed by atoms with van der Waals surface area (Å²) >= 11 is 0. The van der Waals surface area contributed by atoms with Crippen LogP contribution in [0.15, 0.2) is 41.8 Å². The molecule has 2 saturated carbocycles. The van der Waals surface area contributed by atoms with Crippen molar-refractivity contribution in [1.82, 2.24) is 24.1 Å². The first-order valence-corrected chi connectivity index (χ1v) is 12.4. The molecule has 0 bridgehead atoms. The average Bonchev–Trinajstić information content (AvgIpc) is 3.47. The molecule has 0 saturated heterocycles. The minimum Gasteiger partial charge on any atom is -0.396 e. The molecule has 6 rings (SSSR count). The lowest BCUT2D eigenvalue weighted by molar-refractivity contribution is 0.170. The molecule has 0 aliphatic heterocycles.